The zero-order chi connectivity index (χ0) is 17.0. The van der Waals surface area contributed by atoms with Crippen LogP contribution in [0, 0.1) is 10.1 Å². The van der Waals surface area contributed by atoms with Crippen LogP contribution in [0.1, 0.15) is 12.5 Å². The minimum Gasteiger partial charge on any atom is -0.423 e. The maximum atomic E-state index is 12.0. The third kappa shape index (κ3) is 4.31. The molecule has 0 unspecified atom stereocenters. The number of benzene rings is 2. The number of nitro benzene ring substituents is 1. The van der Waals surface area contributed by atoms with E-state index in [-0.39, 0.29) is 11.4 Å². The second-order valence-corrected chi connectivity index (χ2v) is 5.18. The van der Waals surface area contributed by atoms with Crippen LogP contribution in [-0.4, -0.2) is 10.9 Å². The lowest BCUT2D eigenvalue weighted by molar-refractivity contribution is -0.384. The predicted molar refractivity (Wildman–Crippen MR) is 88.2 cm³/mol. The Hall–Kier alpha value is -2.86. The van der Waals surface area contributed by atoms with Gasteiger partial charge in [-0.2, -0.15) is 0 Å². The lowest BCUT2D eigenvalue weighted by Gasteiger charge is -2.06. The molecule has 2 aromatic carbocycles. The average molecular weight is 333 g/mol. The lowest BCUT2D eigenvalue weighted by atomic mass is 10.1. The number of esters is 1. The van der Waals surface area contributed by atoms with Crippen molar-refractivity contribution < 1.29 is 14.5 Å². The van der Waals surface area contributed by atoms with Crippen molar-refractivity contribution in [3.63, 3.8) is 0 Å². The first-order valence-electron chi connectivity index (χ1n) is 6.57. The van der Waals surface area contributed by atoms with Gasteiger partial charge in [0.1, 0.15) is 5.75 Å². The molecule has 0 saturated heterocycles. The Bertz CT molecular complexity index is 785. The van der Waals surface area contributed by atoms with Gasteiger partial charge in [0, 0.05) is 28.4 Å². The Labute approximate surface area is 137 Å². The van der Waals surface area contributed by atoms with Crippen LogP contribution < -0.4 is 10.5 Å². The molecule has 2 N–H and O–H groups in total. The van der Waals surface area contributed by atoms with Gasteiger partial charge in [-0.05, 0) is 42.8 Å². The number of anilines is 1. The van der Waals surface area contributed by atoms with Crippen molar-refractivity contribution in [2.45, 2.75) is 6.92 Å². The van der Waals surface area contributed by atoms with Gasteiger partial charge in [-0.25, -0.2) is 4.79 Å². The zero-order valence-corrected chi connectivity index (χ0v) is 12.9. The molecule has 0 spiro atoms. The first-order valence-corrected chi connectivity index (χ1v) is 6.94. The van der Waals surface area contributed by atoms with Crippen LogP contribution in [0.5, 0.6) is 5.75 Å². The summed E-state index contributed by atoms with van der Waals surface area (Å²) in [5.41, 5.74) is 7.17. The van der Waals surface area contributed by atoms with Gasteiger partial charge in [-0.15, -0.1) is 0 Å². The smallest absolute Gasteiger partial charge is 0.339 e. The molecule has 0 aliphatic carbocycles. The van der Waals surface area contributed by atoms with Gasteiger partial charge in [-0.3, -0.25) is 10.1 Å². The van der Waals surface area contributed by atoms with Crippen molar-refractivity contribution in [1.82, 2.24) is 0 Å². The number of nitrogen functional groups attached to an aromatic ring is 1. The largest absolute Gasteiger partial charge is 0.423 e. The molecule has 0 bridgehead atoms. The molecular formula is C16H13ClN2O4. The van der Waals surface area contributed by atoms with Gasteiger partial charge >= 0.3 is 5.97 Å². The number of halogens is 1. The molecule has 0 atom stereocenters. The molecule has 2 rings (SSSR count). The molecule has 7 heteroatoms. The van der Waals surface area contributed by atoms with Crippen molar-refractivity contribution in [1.29, 1.82) is 0 Å². The Kier molecular flexibility index (Phi) is 4.98. The fourth-order valence-electron chi connectivity index (χ4n) is 1.79. The highest BCUT2D eigenvalue weighted by atomic mass is 35.5. The number of nitrogens with two attached hydrogens (primary N) is 1. The summed E-state index contributed by atoms with van der Waals surface area (Å²) in [6.07, 6.45) is 1.58. The maximum absolute atomic E-state index is 12.0. The van der Waals surface area contributed by atoms with E-state index in [1.807, 2.05) is 0 Å². The normalized spacial score (nSPS) is 11.1. The highest BCUT2D eigenvalue weighted by Gasteiger charge is 2.10. The van der Waals surface area contributed by atoms with Gasteiger partial charge in [0.2, 0.25) is 0 Å². The van der Waals surface area contributed by atoms with E-state index < -0.39 is 10.9 Å². The van der Waals surface area contributed by atoms with E-state index in [0.717, 1.165) is 0 Å². The fraction of sp³-hybridized carbons (Fsp3) is 0.0625. The molecule has 2 aromatic rings. The van der Waals surface area contributed by atoms with E-state index in [1.54, 1.807) is 31.2 Å². The predicted octanol–water partition coefficient (Wildman–Crippen LogP) is 3.84. The summed E-state index contributed by atoms with van der Waals surface area (Å²) in [7, 11) is 0. The van der Waals surface area contributed by atoms with E-state index in [2.05, 4.69) is 0 Å². The summed E-state index contributed by atoms with van der Waals surface area (Å²) in [5.74, 6) is -0.356. The van der Waals surface area contributed by atoms with Crippen LogP contribution in [0.3, 0.4) is 0 Å². The van der Waals surface area contributed by atoms with Crippen LogP contribution in [0.15, 0.2) is 48.0 Å². The van der Waals surface area contributed by atoms with Crippen molar-refractivity contribution in [3.05, 3.63) is 68.7 Å². The van der Waals surface area contributed by atoms with E-state index in [9.17, 15) is 14.9 Å². The van der Waals surface area contributed by atoms with Gasteiger partial charge in [-0.1, -0.05) is 17.7 Å². The monoisotopic (exact) mass is 332 g/mol. The van der Waals surface area contributed by atoms with Crippen LogP contribution in [0.4, 0.5) is 11.4 Å². The summed E-state index contributed by atoms with van der Waals surface area (Å²) in [6.45, 7) is 1.59. The van der Waals surface area contributed by atoms with E-state index in [0.29, 0.717) is 21.8 Å². The van der Waals surface area contributed by atoms with Crippen molar-refractivity contribution in [3.8, 4) is 5.75 Å². The highest BCUT2D eigenvalue weighted by Crippen LogP contribution is 2.22. The molecule has 0 radical (unpaired) electrons. The van der Waals surface area contributed by atoms with E-state index >= 15 is 0 Å². The molecule has 0 aliphatic rings. The zero-order valence-electron chi connectivity index (χ0n) is 12.2. The minimum absolute atomic E-state index is 0.0778. The molecule has 0 aliphatic heterocycles. The molecule has 0 amide bonds. The fourth-order valence-corrected chi connectivity index (χ4v) is 1.97. The summed E-state index contributed by atoms with van der Waals surface area (Å²) in [4.78, 5) is 22.1. The number of nitro groups is 1. The van der Waals surface area contributed by atoms with Gasteiger partial charge < -0.3 is 10.5 Å². The number of non-ortho nitro benzene ring substituents is 1. The lowest BCUT2D eigenvalue weighted by Crippen LogP contribution is -2.09. The molecule has 6 nitrogen and oxygen atoms in total. The Morgan fingerprint density at radius 3 is 2.48 bits per heavy atom. The van der Waals surface area contributed by atoms with Crippen molar-refractivity contribution >= 4 is 35.0 Å². The van der Waals surface area contributed by atoms with Crippen LogP contribution in [0.25, 0.3) is 6.08 Å². The van der Waals surface area contributed by atoms with Crippen molar-refractivity contribution in [2.75, 3.05) is 5.73 Å². The second kappa shape index (κ2) is 6.93. The number of rotatable bonds is 4. The highest BCUT2D eigenvalue weighted by molar-refractivity contribution is 6.30. The molecule has 0 heterocycles. The van der Waals surface area contributed by atoms with Crippen LogP contribution in [-0.2, 0) is 4.79 Å². The van der Waals surface area contributed by atoms with E-state index in [4.69, 9.17) is 22.1 Å². The molecule has 118 valence electrons. The standard InChI is InChI=1S/C16H13ClN2O4/c1-10(8-11-2-3-12(17)9-15(11)18)16(20)23-14-6-4-13(5-7-14)19(21)22/h2-9H,18H2,1H3. The maximum Gasteiger partial charge on any atom is 0.339 e. The van der Waals surface area contributed by atoms with Gasteiger partial charge in [0.05, 0.1) is 4.92 Å². The number of carbonyl (C=O) groups excluding carboxylic acids is 1. The summed E-state index contributed by atoms with van der Waals surface area (Å²) in [5, 5.41) is 11.1. The Morgan fingerprint density at radius 1 is 1.26 bits per heavy atom. The number of hydrogen-bond donors (Lipinski definition) is 1. The van der Waals surface area contributed by atoms with Crippen LogP contribution >= 0.6 is 11.6 Å². The van der Waals surface area contributed by atoms with Gasteiger partial charge in [0.25, 0.3) is 5.69 Å². The summed E-state index contributed by atoms with van der Waals surface area (Å²) < 4.78 is 5.15. The third-order valence-electron chi connectivity index (χ3n) is 3.00. The molecule has 0 fully saturated rings. The third-order valence-corrected chi connectivity index (χ3v) is 3.24. The molecule has 0 aromatic heterocycles. The van der Waals surface area contributed by atoms with E-state index in [1.165, 1.54) is 24.3 Å². The first-order chi connectivity index (χ1) is 10.9. The molecule has 23 heavy (non-hydrogen) atoms. The number of carbonyl (C=O) groups is 1. The SMILES string of the molecule is CC(=Cc1ccc(Cl)cc1N)C(=O)Oc1ccc([N+](=O)[O-])cc1. The van der Waals surface area contributed by atoms with Crippen molar-refractivity contribution in [2.24, 2.45) is 0 Å². The van der Waals surface area contributed by atoms with Gasteiger partial charge in [0.15, 0.2) is 0 Å². The summed E-state index contributed by atoms with van der Waals surface area (Å²) >= 11 is 5.82. The summed E-state index contributed by atoms with van der Waals surface area (Å²) in [6, 6.07) is 10.2. The quantitative estimate of drug-likeness (QED) is 0.229. The number of hydrogen-bond acceptors (Lipinski definition) is 5. The number of ether oxygens (including phenoxy) is 1. The van der Waals surface area contributed by atoms with Crippen LogP contribution in [0.2, 0.25) is 5.02 Å². The first kappa shape index (κ1) is 16.5. The average Bonchev–Trinajstić information content (AvgIpc) is 2.50. The molecule has 0 saturated carbocycles. The molecular weight excluding hydrogens is 320 g/mol. The second-order valence-electron chi connectivity index (χ2n) is 4.74. The Morgan fingerprint density at radius 2 is 1.91 bits per heavy atom. The minimum atomic E-state index is -0.576. The Balaban J connectivity index is 2.13. The number of nitrogens with zero attached hydrogens (tertiary/aromatic N) is 1. The topological polar surface area (TPSA) is 95.5 Å².